The van der Waals surface area contributed by atoms with Crippen LogP contribution < -0.4 is 11.1 Å². The van der Waals surface area contributed by atoms with Crippen molar-refractivity contribution in [2.24, 2.45) is 5.73 Å². The highest BCUT2D eigenvalue weighted by molar-refractivity contribution is 7.10. The molecule has 0 bridgehead atoms. The molecule has 1 aromatic heterocycles. The van der Waals surface area contributed by atoms with E-state index in [0.717, 1.165) is 30.1 Å². The molecule has 3 rings (SSSR count). The molecule has 1 unspecified atom stereocenters. The summed E-state index contributed by atoms with van der Waals surface area (Å²) in [6, 6.07) is 10.2. The SMILES string of the molecule is Cl.Cl.NCC(=O)NCC(c1ccc(Cl)cc1)N1CCc2sccc2C1. The Morgan fingerprint density at radius 2 is 2.00 bits per heavy atom. The summed E-state index contributed by atoms with van der Waals surface area (Å²) in [5, 5.41) is 5.80. The molecule has 0 fully saturated rings. The van der Waals surface area contributed by atoms with Crippen LogP contribution in [0.1, 0.15) is 22.0 Å². The van der Waals surface area contributed by atoms with Crippen molar-refractivity contribution in [1.29, 1.82) is 0 Å². The molecule has 0 saturated carbocycles. The second-order valence-corrected chi connectivity index (χ2v) is 7.10. The van der Waals surface area contributed by atoms with E-state index < -0.39 is 0 Å². The number of nitrogens with two attached hydrogens (primary N) is 1. The minimum Gasteiger partial charge on any atom is -0.353 e. The normalized spacial score (nSPS) is 14.6. The largest absolute Gasteiger partial charge is 0.353 e. The summed E-state index contributed by atoms with van der Waals surface area (Å²) in [7, 11) is 0. The first kappa shape index (κ1) is 22.2. The van der Waals surface area contributed by atoms with Gasteiger partial charge in [-0.1, -0.05) is 23.7 Å². The van der Waals surface area contributed by atoms with E-state index in [9.17, 15) is 4.79 Å². The number of fused-ring (bicyclic) bond motifs is 1. The average molecular weight is 423 g/mol. The minimum atomic E-state index is -0.128. The highest BCUT2D eigenvalue weighted by Crippen LogP contribution is 2.30. The summed E-state index contributed by atoms with van der Waals surface area (Å²) in [6.45, 7) is 2.46. The predicted molar refractivity (Wildman–Crippen MR) is 109 cm³/mol. The number of nitrogens with zero attached hydrogens (tertiary/aromatic N) is 1. The van der Waals surface area contributed by atoms with Crippen LogP contribution in [0.4, 0.5) is 0 Å². The van der Waals surface area contributed by atoms with Gasteiger partial charge in [-0.25, -0.2) is 0 Å². The van der Waals surface area contributed by atoms with Gasteiger partial charge in [0.15, 0.2) is 0 Å². The van der Waals surface area contributed by atoms with E-state index in [0.29, 0.717) is 6.54 Å². The molecule has 0 spiro atoms. The van der Waals surface area contributed by atoms with Crippen molar-refractivity contribution >= 4 is 53.7 Å². The van der Waals surface area contributed by atoms with E-state index in [1.54, 1.807) is 0 Å². The standard InChI is InChI=1S/C17H20ClN3OS.2ClH/c18-14-3-1-12(2-4-14)15(10-20-17(22)9-19)21-7-5-16-13(11-21)6-8-23-16;;/h1-4,6,8,15H,5,7,9-11,19H2,(H,20,22);2*1H. The number of hydrogen-bond acceptors (Lipinski definition) is 4. The van der Waals surface area contributed by atoms with Crippen molar-refractivity contribution in [3.05, 3.63) is 56.7 Å². The molecule has 0 radical (unpaired) electrons. The van der Waals surface area contributed by atoms with Gasteiger partial charge in [-0.3, -0.25) is 9.69 Å². The molecule has 1 aliphatic rings. The third kappa shape index (κ3) is 5.58. The zero-order valence-corrected chi connectivity index (χ0v) is 16.8. The van der Waals surface area contributed by atoms with Crippen LogP contribution in [0, 0.1) is 0 Å². The van der Waals surface area contributed by atoms with Crippen molar-refractivity contribution in [3.63, 3.8) is 0 Å². The van der Waals surface area contributed by atoms with Crippen molar-refractivity contribution in [2.75, 3.05) is 19.6 Å². The predicted octanol–water partition coefficient (Wildman–Crippen LogP) is 3.42. The number of thiophene rings is 1. The maximum Gasteiger partial charge on any atom is 0.233 e. The highest BCUT2D eigenvalue weighted by atomic mass is 35.5. The van der Waals surface area contributed by atoms with Gasteiger partial charge in [-0.05, 0) is 41.1 Å². The van der Waals surface area contributed by atoms with Crippen molar-refractivity contribution in [1.82, 2.24) is 10.2 Å². The quantitative estimate of drug-likeness (QED) is 0.776. The number of carbonyl (C=O) groups excluding carboxylic acids is 1. The van der Waals surface area contributed by atoms with Crippen molar-refractivity contribution < 1.29 is 4.79 Å². The molecule has 0 saturated heterocycles. The lowest BCUT2D eigenvalue weighted by Gasteiger charge is -2.35. The molecule has 4 nitrogen and oxygen atoms in total. The van der Waals surface area contributed by atoms with E-state index in [2.05, 4.69) is 21.7 Å². The Balaban J connectivity index is 0.00000156. The average Bonchev–Trinajstić information content (AvgIpc) is 3.04. The summed E-state index contributed by atoms with van der Waals surface area (Å²) < 4.78 is 0. The van der Waals surface area contributed by atoms with E-state index in [4.69, 9.17) is 17.3 Å². The Bertz CT molecular complexity index is 678. The van der Waals surface area contributed by atoms with Gasteiger partial charge in [0, 0.05) is 29.5 Å². The van der Waals surface area contributed by atoms with Crippen LogP contribution in [-0.4, -0.2) is 30.4 Å². The molecule has 1 amide bonds. The first-order chi connectivity index (χ1) is 11.2. The van der Waals surface area contributed by atoms with Crippen LogP contribution >= 0.6 is 47.8 Å². The zero-order chi connectivity index (χ0) is 16.2. The molecule has 0 aliphatic carbocycles. The molecule has 25 heavy (non-hydrogen) atoms. The first-order valence-electron chi connectivity index (χ1n) is 7.69. The van der Waals surface area contributed by atoms with E-state index in [1.165, 1.54) is 10.4 Å². The fourth-order valence-electron chi connectivity index (χ4n) is 2.96. The van der Waals surface area contributed by atoms with Crippen LogP contribution in [0.3, 0.4) is 0 Å². The summed E-state index contributed by atoms with van der Waals surface area (Å²) in [6.07, 6.45) is 1.06. The summed E-state index contributed by atoms with van der Waals surface area (Å²) in [4.78, 5) is 15.5. The third-order valence-electron chi connectivity index (χ3n) is 4.21. The second kappa shape index (κ2) is 10.4. The lowest BCUT2D eigenvalue weighted by atomic mass is 10.0. The molecule has 8 heteroatoms. The molecule has 2 heterocycles. The van der Waals surface area contributed by atoms with Gasteiger partial charge in [0.1, 0.15) is 0 Å². The second-order valence-electron chi connectivity index (χ2n) is 5.67. The number of benzene rings is 1. The van der Waals surface area contributed by atoms with E-state index in [-0.39, 0.29) is 43.3 Å². The minimum absolute atomic E-state index is 0. The number of halogens is 3. The fourth-order valence-corrected chi connectivity index (χ4v) is 3.98. The van der Waals surface area contributed by atoms with Gasteiger partial charge < -0.3 is 11.1 Å². The molecular formula is C17H22Cl3N3OS. The van der Waals surface area contributed by atoms with Crippen molar-refractivity contribution in [2.45, 2.75) is 19.0 Å². The van der Waals surface area contributed by atoms with Crippen LogP contribution in [0.5, 0.6) is 0 Å². The van der Waals surface area contributed by atoms with Crippen LogP contribution in [0.2, 0.25) is 5.02 Å². The van der Waals surface area contributed by atoms with Gasteiger partial charge in [0.05, 0.1) is 12.6 Å². The number of carbonyl (C=O) groups is 1. The lowest BCUT2D eigenvalue weighted by Crippen LogP contribution is -2.41. The molecule has 138 valence electrons. The third-order valence-corrected chi connectivity index (χ3v) is 5.49. The van der Waals surface area contributed by atoms with Gasteiger partial charge in [-0.2, -0.15) is 0 Å². The molecule has 2 aromatic rings. The first-order valence-corrected chi connectivity index (χ1v) is 8.94. The Morgan fingerprint density at radius 3 is 2.68 bits per heavy atom. The van der Waals surface area contributed by atoms with E-state index >= 15 is 0 Å². The van der Waals surface area contributed by atoms with Crippen LogP contribution in [0.25, 0.3) is 0 Å². The molecule has 1 aromatic carbocycles. The summed E-state index contributed by atoms with van der Waals surface area (Å²) in [5.74, 6) is -0.128. The summed E-state index contributed by atoms with van der Waals surface area (Å²) in [5.41, 5.74) is 7.95. The number of amides is 1. The Kier molecular flexibility index (Phi) is 9.21. The van der Waals surface area contributed by atoms with Crippen LogP contribution in [-0.2, 0) is 17.8 Å². The Hall–Kier alpha value is -0.820. The van der Waals surface area contributed by atoms with Gasteiger partial charge >= 0.3 is 0 Å². The topological polar surface area (TPSA) is 58.4 Å². The maximum absolute atomic E-state index is 11.6. The highest BCUT2D eigenvalue weighted by Gasteiger charge is 2.25. The molecule has 3 N–H and O–H groups in total. The van der Waals surface area contributed by atoms with Gasteiger partial charge in [0.25, 0.3) is 0 Å². The Morgan fingerprint density at radius 1 is 1.28 bits per heavy atom. The number of nitrogens with one attached hydrogen (secondary N) is 1. The number of hydrogen-bond donors (Lipinski definition) is 2. The zero-order valence-electron chi connectivity index (χ0n) is 13.6. The van der Waals surface area contributed by atoms with Crippen LogP contribution in [0.15, 0.2) is 35.7 Å². The lowest BCUT2D eigenvalue weighted by molar-refractivity contribution is -0.120. The van der Waals surface area contributed by atoms with E-state index in [1.807, 2.05) is 35.6 Å². The molecular weight excluding hydrogens is 401 g/mol. The molecule has 1 atom stereocenters. The van der Waals surface area contributed by atoms with Gasteiger partial charge in [-0.15, -0.1) is 36.2 Å². The summed E-state index contributed by atoms with van der Waals surface area (Å²) >= 11 is 7.83. The smallest absolute Gasteiger partial charge is 0.233 e. The fraction of sp³-hybridized carbons (Fsp3) is 0.353. The monoisotopic (exact) mass is 421 g/mol. The van der Waals surface area contributed by atoms with Gasteiger partial charge in [0.2, 0.25) is 5.91 Å². The molecule has 1 aliphatic heterocycles. The van der Waals surface area contributed by atoms with Crippen molar-refractivity contribution in [3.8, 4) is 0 Å². The number of rotatable bonds is 5. The maximum atomic E-state index is 11.6. The Labute approximate surface area is 169 Å².